The molecule has 0 bridgehead atoms. The molecule has 0 fully saturated rings. The summed E-state index contributed by atoms with van der Waals surface area (Å²) in [6.07, 6.45) is 0. The molecule has 0 atom stereocenters. The van der Waals surface area contributed by atoms with Crippen molar-refractivity contribution in [2.75, 3.05) is 47.0 Å². The molecule has 0 unspecified atom stereocenters. The maximum Gasteiger partial charge on any atom is 0.251 e. The molecule has 0 spiro atoms. The Morgan fingerprint density at radius 2 is 1.91 bits per heavy atom. The summed E-state index contributed by atoms with van der Waals surface area (Å²) in [5.74, 6) is 1.21. The molecule has 7 heteroatoms. The fourth-order valence-corrected chi connectivity index (χ4v) is 1.83. The van der Waals surface area contributed by atoms with Gasteiger partial charge in [-0.2, -0.15) is 0 Å². The van der Waals surface area contributed by atoms with Gasteiger partial charge in [0.2, 0.25) is 0 Å². The predicted molar refractivity (Wildman–Crippen MR) is 91.2 cm³/mol. The van der Waals surface area contributed by atoms with Crippen LogP contribution in [-0.2, 0) is 4.74 Å². The molecule has 0 aromatic heterocycles. The molecule has 0 aliphatic rings. The van der Waals surface area contributed by atoms with Crippen LogP contribution >= 0.6 is 0 Å². The maximum atomic E-state index is 12.0. The van der Waals surface area contributed by atoms with Crippen molar-refractivity contribution in [3.63, 3.8) is 0 Å². The first-order valence-electron chi connectivity index (χ1n) is 7.65. The summed E-state index contributed by atoms with van der Waals surface area (Å²) < 4.78 is 10.3. The van der Waals surface area contributed by atoms with Crippen LogP contribution in [0.4, 0.5) is 0 Å². The number of benzene rings is 1. The van der Waals surface area contributed by atoms with Gasteiger partial charge in [0.05, 0.1) is 13.7 Å². The number of nitrogens with one attached hydrogen (secondary N) is 3. The van der Waals surface area contributed by atoms with E-state index < -0.39 is 0 Å². The van der Waals surface area contributed by atoms with Gasteiger partial charge in [-0.3, -0.25) is 9.79 Å². The minimum atomic E-state index is -0.134. The van der Waals surface area contributed by atoms with Crippen molar-refractivity contribution in [3.05, 3.63) is 29.8 Å². The number of guanidine groups is 1. The highest BCUT2D eigenvalue weighted by molar-refractivity contribution is 5.94. The molecule has 1 aromatic rings. The zero-order valence-corrected chi connectivity index (χ0v) is 14.0. The lowest BCUT2D eigenvalue weighted by molar-refractivity contribution is 0.0954. The molecule has 0 heterocycles. The molecule has 1 rings (SSSR count). The maximum absolute atomic E-state index is 12.0. The summed E-state index contributed by atoms with van der Waals surface area (Å²) in [5.41, 5.74) is 0.573. The lowest BCUT2D eigenvalue weighted by atomic mass is 10.2. The smallest absolute Gasteiger partial charge is 0.251 e. The third-order valence-corrected chi connectivity index (χ3v) is 3.00. The highest BCUT2D eigenvalue weighted by atomic mass is 16.5. The van der Waals surface area contributed by atoms with E-state index in [0.29, 0.717) is 50.1 Å². The summed E-state index contributed by atoms with van der Waals surface area (Å²) >= 11 is 0. The van der Waals surface area contributed by atoms with Crippen molar-refractivity contribution in [3.8, 4) is 5.75 Å². The van der Waals surface area contributed by atoms with Crippen LogP contribution in [0.25, 0.3) is 0 Å². The summed E-state index contributed by atoms with van der Waals surface area (Å²) in [7, 11) is 3.27. The third-order valence-electron chi connectivity index (χ3n) is 3.00. The number of hydrogen-bond acceptors (Lipinski definition) is 4. The molecule has 0 saturated heterocycles. The highest BCUT2D eigenvalue weighted by Gasteiger charge is 2.05. The number of rotatable bonds is 9. The molecule has 0 saturated carbocycles. The van der Waals surface area contributed by atoms with E-state index in [1.807, 2.05) is 6.92 Å². The number of carbonyl (C=O) groups is 1. The van der Waals surface area contributed by atoms with Crippen molar-refractivity contribution >= 4 is 11.9 Å². The number of ether oxygens (including phenoxy) is 2. The zero-order valence-electron chi connectivity index (χ0n) is 14.0. The van der Waals surface area contributed by atoms with Gasteiger partial charge >= 0.3 is 0 Å². The molecule has 0 aliphatic heterocycles. The van der Waals surface area contributed by atoms with E-state index in [4.69, 9.17) is 9.47 Å². The second kappa shape index (κ2) is 11.3. The average molecular weight is 322 g/mol. The lowest BCUT2D eigenvalue weighted by Gasteiger charge is -2.12. The van der Waals surface area contributed by atoms with Crippen molar-refractivity contribution < 1.29 is 14.3 Å². The van der Waals surface area contributed by atoms with Gasteiger partial charge in [-0.05, 0) is 25.1 Å². The van der Waals surface area contributed by atoms with Gasteiger partial charge in [0, 0.05) is 38.9 Å². The molecule has 7 nitrogen and oxygen atoms in total. The van der Waals surface area contributed by atoms with Gasteiger partial charge in [-0.15, -0.1) is 0 Å². The summed E-state index contributed by atoms with van der Waals surface area (Å²) in [6.45, 7) is 5.03. The van der Waals surface area contributed by atoms with Crippen molar-refractivity contribution in [2.45, 2.75) is 6.92 Å². The standard InChI is InChI=1S/C16H26N4O3/c1-4-23-11-10-20-16(17-2)19-9-8-18-15(21)13-6-5-7-14(12-13)22-3/h5-7,12H,4,8-11H2,1-3H3,(H,18,21)(H2,17,19,20). The van der Waals surface area contributed by atoms with E-state index in [1.54, 1.807) is 38.4 Å². The van der Waals surface area contributed by atoms with Crippen LogP contribution in [0, 0.1) is 0 Å². The monoisotopic (exact) mass is 322 g/mol. The van der Waals surface area contributed by atoms with E-state index in [9.17, 15) is 4.79 Å². The number of amides is 1. The van der Waals surface area contributed by atoms with Gasteiger partial charge in [-0.25, -0.2) is 0 Å². The van der Waals surface area contributed by atoms with Gasteiger partial charge in [0.1, 0.15) is 5.75 Å². The number of hydrogen-bond donors (Lipinski definition) is 3. The fraction of sp³-hybridized carbons (Fsp3) is 0.500. The van der Waals surface area contributed by atoms with Gasteiger partial charge in [0.15, 0.2) is 5.96 Å². The van der Waals surface area contributed by atoms with Crippen molar-refractivity contribution in [1.29, 1.82) is 0 Å². The second-order valence-corrected chi connectivity index (χ2v) is 4.61. The summed E-state index contributed by atoms with van der Waals surface area (Å²) in [6, 6.07) is 7.04. The van der Waals surface area contributed by atoms with Crippen LogP contribution in [0.15, 0.2) is 29.3 Å². The molecule has 1 aromatic carbocycles. The van der Waals surface area contributed by atoms with Crippen LogP contribution in [0.3, 0.4) is 0 Å². The minimum absolute atomic E-state index is 0.134. The third kappa shape index (κ3) is 7.51. The van der Waals surface area contributed by atoms with E-state index in [0.717, 1.165) is 0 Å². The minimum Gasteiger partial charge on any atom is -0.497 e. The summed E-state index contributed by atoms with van der Waals surface area (Å²) in [4.78, 5) is 16.1. The molecule has 3 N–H and O–H groups in total. The van der Waals surface area contributed by atoms with Crippen LogP contribution < -0.4 is 20.7 Å². The Balaban J connectivity index is 2.26. The molecule has 0 radical (unpaired) electrons. The molecular formula is C16H26N4O3. The molecule has 23 heavy (non-hydrogen) atoms. The zero-order chi connectivity index (χ0) is 16.9. The largest absolute Gasteiger partial charge is 0.497 e. The Morgan fingerprint density at radius 1 is 1.17 bits per heavy atom. The van der Waals surface area contributed by atoms with Crippen LogP contribution in [0.5, 0.6) is 5.75 Å². The van der Waals surface area contributed by atoms with Crippen molar-refractivity contribution in [2.24, 2.45) is 4.99 Å². The Labute approximate surface area is 137 Å². The molecule has 128 valence electrons. The van der Waals surface area contributed by atoms with E-state index in [1.165, 1.54) is 0 Å². The van der Waals surface area contributed by atoms with Crippen LogP contribution in [0.1, 0.15) is 17.3 Å². The lowest BCUT2D eigenvalue weighted by Crippen LogP contribution is -2.42. The molecule has 1 amide bonds. The van der Waals surface area contributed by atoms with Crippen LogP contribution in [-0.4, -0.2) is 58.9 Å². The Bertz CT molecular complexity index is 506. The number of methoxy groups -OCH3 is 1. The molecule has 0 aliphatic carbocycles. The van der Waals surface area contributed by atoms with Gasteiger partial charge < -0.3 is 25.4 Å². The van der Waals surface area contributed by atoms with Crippen LogP contribution in [0.2, 0.25) is 0 Å². The number of aliphatic imine (C=N–C) groups is 1. The topological polar surface area (TPSA) is 84.0 Å². The Kier molecular flexibility index (Phi) is 9.23. The Morgan fingerprint density at radius 3 is 2.61 bits per heavy atom. The van der Waals surface area contributed by atoms with E-state index >= 15 is 0 Å². The normalized spacial score (nSPS) is 11.0. The summed E-state index contributed by atoms with van der Waals surface area (Å²) in [5, 5.41) is 9.09. The highest BCUT2D eigenvalue weighted by Crippen LogP contribution is 2.11. The SMILES string of the molecule is CCOCCNC(=NC)NCCNC(=O)c1cccc(OC)c1. The quantitative estimate of drug-likeness (QED) is 0.353. The average Bonchev–Trinajstić information content (AvgIpc) is 2.60. The molecular weight excluding hydrogens is 296 g/mol. The van der Waals surface area contributed by atoms with E-state index in [-0.39, 0.29) is 5.91 Å². The first kappa shape index (κ1) is 18.8. The van der Waals surface area contributed by atoms with E-state index in [2.05, 4.69) is 20.9 Å². The van der Waals surface area contributed by atoms with Crippen molar-refractivity contribution in [1.82, 2.24) is 16.0 Å². The van der Waals surface area contributed by atoms with Gasteiger partial charge in [-0.1, -0.05) is 6.07 Å². The van der Waals surface area contributed by atoms with Gasteiger partial charge in [0.25, 0.3) is 5.91 Å². The second-order valence-electron chi connectivity index (χ2n) is 4.61. The number of nitrogens with zero attached hydrogens (tertiary/aromatic N) is 1. The predicted octanol–water partition coefficient (Wildman–Crippen LogP) is 0.627. The first-order valence-corrected chi connectivity index (χ1v) is 7.65. The first-order chi connectivity index (χ1) is 11.2. The fourth-order valence-electron chi connectivity index (χ4n) is 1.83. The number of carbonyl (C=O) groups excluding carboxylic acids is 1. The Hall–Kier alpha value is -2.28.